The van der Waals surface area contributed by atoms with Crippen LogP contribution in [0.1, 0.15) is 19.3 Å². The largest absolute Gasteiger partial charge is 0.372 e. The van der Waals surface area contributed by atoms with E-state index in [1.807, 2.05) is 30.3 Å². The number of amides is 1. The molecule has 0 atom stereocenters. The van der Waals surface area contributed by atoms with Crippen molar-refractivity contribution in [1.29, 1.82) is 0 Å². The first kappa shape index (κ1) is 19.2. The summed E-state index contributed by atoms with van der Waals surface area (Å²) in [5.41, 5.74) is 2.41. The molecule has 27 heavy (non-hydrogen) atoms. The van der Waals surface area contributed by atoms with Gasteiger partial charge in [0, 0.05) is 37.9 Å². The van der Waals surface area contributed by atoms with Crippen molar-refractivity contribution in [2.24, 2.45) is 0 Å². The fourth-order valence-corrected chi connectivity index (χ4v) is 4.27. The summed E-state index contributed by atoms with van der Waals surface area (Å²) >= 11 is 0. The van der Waals surface area contributed by atoms with Crippen LogP contribution in [0.5, 0.6) is 0 Å². The van der Waals surface area contributed by atoms with Gasteiger partial charge >= 0.3 is 0 Å². The van der Waals surface area contributed by atoms with E-state index in [2.05, 4.69) is 10.2 Å². The van der Waals surface area contributed by atoms with Crippen molar-refractivity contribution in [2.75, 3.05) is 40.4 Å². The van der Waals surface area contributed by atoms with Gasteiger partial charge in [-0.3, -0.25) is 9.10 Å². The average molecular weight is 388 g/mol. The lowest BCUT2D eigenvalue weighted by Gasteiger charge is -2.19. The summed E-state index contributed by atoms with van der Waals surface area (Å²) in [4.78, 5) is 14.5. The fourth-order valence-electron chi connectivity index (χ4n) is 3.11. The van der Waals surface area contributed by atoms with Gasteiger partial charge < -0.3 is 10.2 Å². The number of benzene rings is 2. The van der Waals surface area contributed by atoms with E-state index in [-0.39, 0.29) is 18.1 Å². The van der Waals surface area contributed by atoms with Crippen molar-refractivity contribution in [3.63, 3.8) is 0 Å². The highest BCUT2D eigenvalue weighted by Gasteiger charge is 2.20. The smallest absolute Gasteiger partial charge is 0.235 e. The molecule has 1 N–H and O–H groups in total. The first-order valence-electron chi connectivity index (χ1n) is 9.12. The van der Waals surface area contributed by atoms with Crippen LogP contribution in [0, 0.1) is 0 Å². The summed E-state index contributed by atoms with van der Waals surface area (Å²) in [6, 6.07) is 16.5. The highest BCUT2D eigenvalue weighted by atomic mass is 32.2. The summed E-state index contributed by atoms with van der Waals surface area (Å²) < 4.78 is 26.1. The van der Waals surface area contributed by atoms with Gasteiger partial charge in [-0.25, -0.2) is 8.42 Å². The Labute approximate surface area is 160 Å². The molecule has 3 rings (SSSR count). The Hall–Kier alpha value is -2.54. The van der Waals surface area contributed by atoms with Crippen LogP contribution in [-0.2, 0) is 14.8 Å². The molecule has 1 aliphatic rings. The SMILES string of the molecule is CN(c1ccccc1)S(=O)(=O)CCC(=O)Nc1ccc(N2CCCC2)cc1. The van der Waals surface area contributed by atoms with Crippen LogP contribution in [0.15, 0.2) is 54.6 Å². The molecule has 144 valence electrons. The van der Waals surface area contributed by atoms with Crippen LogP contribution >= 0.6 is 0 Å². The number of anilines is 3. The summed E-state index contributed by atoms with van der Waals surface area (Å²) in [6.07, 6.45) is 2.34. The van der Waals surface area contributed by atoms with E-state index in [1.165, 1.54) is 24.2 Å². The summed E-state index contributed by atoms with van der Waals surface area (Å²) in [5, 5.41) is 2.77. The second-order valence-corrected chi connectivity index (χ2v) is 8.78. The van der Waals surface area contributed by atoms with Gasteiger partial charge in [0.15, 0.2) is 0 Å². The van der Waals surface area contributed by atoms with Crippen molar-refractivity contribution in [1.82, 2.24) is 0 Å². The zero-order valence-electron chi connectivity index (χ0n) is 15.5. The first-order valence-corrected chi connectivity index (χ1v) is 10.7. The normalized spacial score (nSPS) is 14.2. The Morgan fingerprint density at radius 3 is 2.30 bits per heavy atom. The number of nitrogens with one attached hydrogen (secondary N) is 1. The van der Waals surface area contributed by atoms with Crippen molar-refractivity contribution >= 4 is 33.0 Å². The highest BCUT2D eigenvalue weighted by Crippen LogP contribution is 2.22. The van der Waals surface area contributed by atoms with E-state index in [4.69, 9.17) is 0 Å². The molecule has 2 aromatic rings. The molecule has 0 radical (unpaired) electrons. The Kier molecular flexibility index (Phi) is 6.01. The maximum atomic E-state index is 12.4. The maximum Gasteiger partial charge on any atom is 0.235 e. The van der Waals surface area contributed by atoms with Crippen molar-refractivity contribution < 1.29 is 13.2 Å². The van der Waals surface area contributed by atoms with Gasteiger partial charge in [0.2, 0.25) is 15.9 Å². The summed E-state index contributed by atoms with van der Waals surface area (Å²) in [5.74, 6) is -0.551. The number of hydrogen-bond acceptors (Lipinski definition) is 4. The summed E-state index contributed by atoms with van der Waals surface area (Å²) in [6.45, 7) is 2.14. The van der Waals surface area contributed by atoms with Crippen LogP contribution in [0.3, 0.4) is 0 Å². The van der Waals surface area contributed by atoms with Crippen LogP contribution < -0.4 is 14.5 Å². The van der Waals surface area contributed by atoms with Crippen LogP contribution in [0.2, 0.25) is 0 Å². The lowest BCUT2D eigenvalue weighted by Crippen LogP contribution is -2.30. The molecule has 0 unspecified atom stereocenters. The Morgan fingerprint density at radius 1 is 1.04 bits per heavy atom. The molecule has 1 aliphatic heterocycles. The average Bonchev–Trinajstić information content (AvgIpc) is 3.22. The molecule has 1 saturated heterocycles. The minimum atomic E-state index is -3.55. The van der Waals surface area contributed by atoms with Crippen molar-refractivity contribution in [3.8, 4) is 0 Å². The quantitative estimate of drug-likeness (QED) is 0.793. The monoisotopic (exact) mass is 387 g/mol. The third-order valence-corrected chi connectivity index (χ3v) is 6.51. The van der Waals surface area contributed by atoms with Crippen LogP contribution in [0.4, 0.5) is 17.1 Å². The standard InChI is InChI=1S/C20H25N3O3S/c1-22(18-7-3-2-4-8-18)27(25,26)16-13-20(24)21-17-9-11-19(12-10-17)23-14-5-6-15-23/h2-4,7-12H,5-6,13-16H2,1H3,(H,21,24). The van der Waals surface area contributed by atoms with Crippen LogP contribution in [-0.4, -0.2) is 40.2 Å². The van der Waals surface area contributed by atoms with E-state index in [0.29, 0.717) is 11.4 Å². The minimum absolute atomic E-state index is 0.0899. The fraction of sp³-hybridized carbons (Fsp3) is 0.350. The molecule has 0 saturated carbocycles. The summed E-state index contributed by atoms with van der Waals surface area (Å²) in [7, 11) is -2.05. The zero-order valence-corrected chi connectivity index (χ0v) is 16.3. The Bertz CT molecular complexity index is 861. The zero-order chi connectivity index (χ0) is 19.3. The van der Waals surface area contributed by atoms with E-state index in [1.54, 1.807) is 24.3 Å². The van der Waals surface area contributed by atoms with E-state index in [0.717, 1.165) is 18.8 Å². The minimum Gasteiger partial charge on any atom is -0.372 e. The number of carbonyl (C=O) groups excluding carboxylic acids is 1. The van der Waals surface area contributed by atoms with Gasteiger partial charge in [-0.2, -0.15) is 0 Å². The third kappa shape index (κ3) is 5.01. The lowest BCUT2D eigenvalue weighted by atomic mass is 10.2. The van der Waals surface area contributed by atoms with Gasteiger partial charge in [0.1, 0.15) is 0 Å². The van der Waals surface area contributed by atoms with Gasteiger partial charge in [0.25, 0.3) is 0 Å². The molecule has 1 amide bonds. The molecular formula is C20H25N3O3S. The predicted molar refractivity (Wildman–Crippen MR) is 110 cm³/mol. The van der Waals surface area contributed by atoms with Gasteiger partial charge in [0.05, 0.1) is 11.4 Å². The Morgan fingerprint density at radius 2 is 1.67 bits per heavy atom. The number of rotatable bonds is 7. The molecule has 0 aromatic heterocycles. The van der Waals surface area contributed by atoms with Crippen molar-refractivity contribution in [2.45, 2.75) is 19.3 Å². The molecule has 1 fully saturated rings. The molecule has 0 aliphatic carbocycles. The maximum absolute atomic E-state index is 12.4. The molecule has 0 spiro atoms. The Balaban J connectivity index is 1.53. The lowest BCUT2D eigenvalue weighted by molar-refractivity contribution is -0.115. The van der Waals surface area contributed by atoms with Crippen LogP contribution in [0.25, 0.3) is 0 Å². The predicted octanol–water partition coefficient (Wildman–Crippen LogP) is 3.08. The molecule has 7 heteroatoms. The number of hydrogen-bond donors (Lipinski definition) is 1. The second kappa shape index (κ2) is 8.43. The molecule has 0 bridgehead atoms. The van der Waals surface area contributed by atoms with Gasteiger partial charge in [-0.15, -0.1) is 0 Å². The highest BCUT2D eigenvalue weighted by molar-refractivity contribution is 7.92. The molecular weight excluding hydrogens is 362 g/mol. The molecule has 1 heterocycles. The number of carbonyl (C=O) groups is 1. The van der Waals surface area contributed by atoms with Crippen molar-refractivity contribution in [3.05, 3.63) is 54.6 Å². The van der Waals surface area contributed by atoms with E-state index >= 15 is 0 Å². The number of sulfonamides is 1. The van der Waals surface area contributed by atoms with E-state index in [9.17, 15) is 13.2 Å². The first-order chi connectivity index (χ1) is 13.0. The second-order valence-electron chi connectivity index (χ2n) is 6.66. The van der Waals surface area contributed by atoms with Gasteiger partial charge in [-0.1, -0.05) is 18.2 Å². The van der Waals surface area contributed by atoms with Gasteiger partial charge in [-0.05, 0) is 49.2 Å². The number of para-hydroxylation sites is 1. The number of nitrogens with zero attached hydrogens (tertiary/aromatic N) is 2. The molecule has 6 nitrogen and oxygen atoms in total. The molecule has 2 aromatic carbocycles. The topological polar surface area (TPSA) is 69.7 Å². The third-order valence-electron chi connectivity index (χ3n) is 4.75. The van der Waals surface area contributed by atoms with E-state index < -0.39 is 10.0 Å².